The highest BCUT2D eigenvalue weighted by atomic mass is 16.2. The summed E-state index contributed by atoms with van der Waals surface area (Å²) in [4.78, 5) is 23.8. The molecule has 5 heteroatoms. The van der Waals surface area contributed by atoms with Crippen LogP contribution in [0.4, 0.5) is 0 Å². The number of amides is 2. The molecule has 118 valence electrons. The van der Waals surface area contributed by atoms with Crippen LogP contribution in [0.1, 0.15) is 44.3 Å². The quantitative estimate of drug-likeness (QED) is 0.903. The predicted molar refractivity (Wildman–Crippen MR) is 86.2 cm³/mol. The van der Waals surface area contributed by atoms with Crippen molar-refractivity contribution in [3.8, 4) is 0 Å². The average molecular weight is 309 g/mol. The van der Waals surface area contributed by atoms with E-state index in [9.17, 15) is 9.59 Å². The Morgan fingerprint density at radius 1 is 1.30 bits per heavy atom. The first kappa shape index (κ1) is 14.1. The molecule has 3 N–H and O–H groups in total. The molecule has 0 saturated heterocycles. The number of fused-ring (bicyclic) bond motifs is 3. The molecule has 1 saturated carbocycles. The fraction of sp³-hybridized carbons (Fsp3) is 0.333. The lowest BCUT2D eigenvalue weighted by molar-refractivity contribution is 0.0940. The van der Waals surface area contributed by atoms with Crippen LogP contribution in [-0.4, -0.2) is 22.4 Å². The molecule has 3 atom stereocenters. The van der Waals surface area contributed by atoms with Gasteiger partial charge in [-0.1, -0.05) is 24.3 Å². The first-order chi connectivity index (χ1) is 11.1. The number of carbonyl (C=O) groups excluding carboxylic acids is 2. The fourth-order valence-electron chi connectivity index (χ4n) is 3.91. The van der Waals surface area contributed by atoms with Crippen LogP contribution in [0, 0.1) is 5.92 Å². The summed E-state index contributed by atoms with van der Waals surface area (Å²) in [5.41, 5.74) is 8.88. The normalized spacial score (nSPS) is 24.5. The minimum Gasteiger partial charge on any atom is -0.366 e. The van der Waals surface area contributed by atoms with Gasteiger partial charge in [0.2, 0.25) is 5.91 Å². The highest BCUT2D eigenvalue weighted by molar-refractivity contribution is 5.99. The Morgan fingerprint density at radius 3 is 2.83 bits per heavy atom. The molecule has 0 unspecified atom stereocenters. The third-order valence-corrected chi connectivity index (χ3v) is 5.15. The van der Waals surface area contributed by atoms with Crippen LogP contribution in [0.15, 0.2) is 36.5 Å². The van der Waals surface area contributed by atoms with Crippen molar-refractivity contribution in [1.82, 2.24) is 9.88 Å². The van der Waals surface area contributed by atoms with Crippen LogP contribution in [0.3, 0.4) is 0 Å². The molecular formula is C18H19N3O2. The third kappa shape index (κ3) is 2.23. The largest absolute Gasteiger partial charge is 0.366 e. The molecule has 5 nitrogen and oxygen atoms in total. The molecule has 1 aromatic carbocycles. The van der Waals surface area contributed by atoms with Gasteiger partial charge in [0.25, 0.3) is 5.91 Å². The van der Waals surface area contributed by atoms with Crippen molar-refractivity contribution >= 4 is 11.8 Å². The molecule has 1 fully saturated rings. The van der Waals surface area contributed by atoms with Gasteiger partial charge in [-0.25, -0.2) is 0 Å². The Bertz CT molecular complexity index is 808. The number of hydrogen-bond acceptors (Lipinski definition) is 2. The third-order valence-electron chi connectivity index (χ3n) is 5.15. The zero-order chi connectivity index (χ0) is 16.1. The minimum atomic E-state index is -0.520. The van der Waals surface area contributed by atoms with Gasteiger partial charge in [0.05, 0.1) is 5.56 Å². The van der Waals surface area contributed by atoms with Crippen LogP contribution in [0.5, 0.6) is 0 Å². The molecule has 23 heavy (non-hydrogen) atoms. The molecule has 0 radical (unpaired) electrons. The van der Waals surface area contributed by atoms with Gasteiger partial charge in [0, 0.05) is 25.2 Å². The van der Waals surface area contributed by atoms with Gasteiger partial charge in [0.15, 0.2) is 0 Å². The molecule has 1 heterocycles. The Kier molecular flexibility index (Phi) is 3.04. The van der Waals surface area contributed by atoms with Gasteiger partial charge in [-0.05, 0) is 36.0 Å². The summed E-state index contributed by atoms with van der Waals surface area (Å²) in [6, 6.07) is 10.2. The number of aromatic nitrogens is 1. The molecule has 2 aromatic rings. The van der Waals surface area contributed by atoms with Gasteiger partial charge in [-0.2, -0.15) is 0 Å². The van der Waals surface area contributed by atoms with Crippen LogP contribution < -0.4 is 11.1 Å². The number of rotatable bonds is 3. The van der Waals surface area contributed by atoms with Crippen molar-refractivity contribution in [2.45, 2.75) is 24.8 Å². The second-order valence-corrected chi connectivity index (χ2v) is 6.52. The second kappa shape index (κ2) is 4.98. The summed E-state index contributed by atoms with van der Waals surface area (Å²) in [5.74, 6) is 0.301. The summed E-state index contributed by atoms with van der Waals surface area (Å²) in [5, 5.41) is 3.13. The monoisotopic (exact) mass is 309 g/mol. The Labute approximate surface area is 134 Å². The van der Waals surface area contributed by atoms with E-state index in [0.29, 0.717) is 23.1 Å². The SMILES string of the molecule is Cn1cc(C(N)=O)cc1C(=O)N[C@@H]1[C@H]2CCc3ccccc3[C@@H]21. The van der Waals surface area contributed by atoms with Crippen molar-refractivity contribution < 1.29 is 9.59 Å². The fourth-order valence-corrected chi connectivity index (χ4v) is 3.91. The Morgan fingerprint density at radius 2 is 2.09 bits per heavy atom. The highest BCUT2D eigenvalue weighted by Gasteiger charge is 2.53. The standard InChI is InChI=1S/C18H19N3O2/c1-21-9-11(17(19)22)8-14(21)18(23)20-16-13-7-6-10-4-2-3-5-12(10)15(13)16/h2-5,8-9,13,15-16H,6-7H2,1H3,(H2,19,22)(H,20,23)/t13-,15-,16+/m0/s1. The number of primary amides is 1. The van der Waals surface area contributed by atoms with E-state index in [1.54, 1.807) is 23.9 Å². The van der Waals surface area contributed by atoms with Crippen molar-refractivity contribution in [2.75, 3.05) is 0 Å². The summed E-state index contributed by atoms with van der Waals surface area (Å²) >= 11 is 0. The van der Waals surface area contributed by atoms with Gasteiger partial charge in [0.1, 0.15) is 5.69 Å². The van der Waals surface area contributed by atoms with Crippen LogP contribution >= 0.6 is 0 Å². The van der Waals surface area contributed by atoms with Crippen molar-refractivity contribution in [3.05, 3.63) is 58.9 Å². The smallest absolute Gasteiger partial charge is 0.268 e. The summed E-state index contributed by atoms with van der Waals surface area (Å²) < 4.78 is 1.65. The topological polar surface area (TPSA) is 77.1 Å². The first-order valence-electron chi connectivity index (χ1n) is 7.91. The number of aryl methyl sites for hydroxylation is 2. The van der Waals surface area contributed by atoms with Crippen LogP contribution in [-0.2, 0) is 13.5 Å². The lowest BCUT2D eigenvalue weighted by Crippen LogP contribution is -2.29. The zero-order valence-corrected chi connectivity index (χ0v) is 13.0. The number of carbonyl (C=O) groups is 2. The molecule has 2 aliphatic carbocycles. The first-order valence-corrected chi connectivity index (χ1v) is 7.91. The van der Waals surface area contributed by atoms with Crippen molar-refractivity contribution in [2.24, 2.45) is 18.7 Å². The molecule has 0 aliphatic heterocycles. The van der Waals surface area contributed by atoms with Gasteiger partial charge in [-0.3, -0.25) is 9.59 Å². The van der Waals surface area contributed by atoms with Crippen LogP contribution in [0.25, 0.3) is 0 Å². The van der Waals surface area contributed by atoms with E-state index in [-0.39, 0.29) is 11.9 Å². The van der Waals surface area contributed by atoms with E-state index in [1.165, 1.54) is 11.1 Å². The molecule has 2 aliphatic rings. The summed E-state index contributed by atoms with van der Waals surface area (Å²) in [6.45, 7) is 0. The van der Waals surface area contributed by atoms with E-state index in [1.807, 2.05) is 0 Å². The Hall–Kier alpha value is -2.56. The van der Waals surface area contributed by atoms with Crippen LogP contribution in [0.2, 0.25) is 0 Å². The molecule has 0 spiro atoms. The number of benzene rings is 1. The Balaban J connectivity index is 1.52. The number of nitrogens with one attached hydrogen (secondary N) is 1. The zero-order valence-electron chi connectivity index (χ0n) is 13.0. The van der Waals surface area contributed by atoms with E-state index < -0.39 is 5.91 Å². The number of nitrogens with zero attached hydrogens (tertiary/aromatic N) is 1. The minimum absolute atomic E-state index is 0.142. The number of hydrogen-bond donors (Lipinski definition) is 2. The van der Waals surface area contributed by atoms with Gasteiger partial charge < -0.3 is 15.6 Å². The predicted octanol–water partition coefficient (Wildman–Crippen LogP) is 1.58. The second-order valence-electron chi connectivity index (χ2n) is 6.52. The van der Waals surface area contributed by atoms with Crippen molar-refractivity contribution in [1.29, 1.82) is 0 Å². The van der Waals surface area contributed by atoms with E-state index in [0.717, 1.165) is 12.8 Å². The molecule has 2 amide bonds. The summed E-state index contributed by atoms with van der Waals surface area (Å²) in [7, 11) is 1.75. The van der Waals surface area contributed by atoms with Gasteiger partial charge >= 0.3 is 0 Å². The van der Waals surface area contributed by atoms with E-state index in [2.05, 4.69) is 29.6 Å². The maximum atomic E-state index is 12.5. The molecule has 1 aromatic heterocycles. The average Bonchev–Trinajstić information content (AvgIpc) is 3.09. The van der Waals surface area contributed by atoms with Crippen molar-refractivity contribution in [3.63, 3.8) is 0 Å². The van der Waals surface area contributed by atoms with Gasteiger partial charge in [-0.15, -0.1) is 0 Å². The maximum Gasteiger partial charge on any atom is 0.268 e. The summed E-state index contributed by atoms with van der Waals surface area (Å²) in [6.07, 6.45) is 3.79. The molecular weight excluding hydrogens is 290 g/mol. The maximum absolute atomic E-state index is 12.5. The van der Waals surface area contributed by atoms with E-state index in [4.69, 9.17) is 5.73 Å². The lowest BCUT2D eigenvalue weighted by Gasteiger charge is -2.13. The highest BCUT2D eigenvalue weighted by Crippen LogP contribution is 2.54. The number of nitrogens with two attached hydrogens (primary N) is 1. The van der Waals surface area contributed by atoms with E-state index >= 15 is 0 Å². The molecule has 0 bridgehead atoms. The molecule has 4 rings (SSSR count). The lowest BCUT2D eigenvalue weighted by atomic mass is 9.92.